The first-order valence-corrected chi connectivity index (χ1v) is 12.4. The van der Waals surface area contributed by atoms with Crippen LogP contribution in [0.1, 0.15) is 13.8 Å². The minimum Gasteiger partial charge on any atom is -0.496 e. The van der Waals surface area contributed by atoms with Crippen molar-refractivity contribution in [2.75, 3.05) is 30.9 Å². The summed E-state index contributed by atoms with van der Waals surface area (Å²) in [6, 6.07) is 5.28. The summed E-state index contributed by atoms with van der Waals surface area (Å²) in [6.07, 6.45) is 3.68. The van der Waals surface area contributed by atoms with Crippen LogP contribution in [0.3, 0.4) is 0 Å². The number of aromatic nitrogens is 2. The van der Waals surface area contributed by atoms with Crippen molar-refractivity contribution < 1.29 is 18.8 Å². The highest BCUT2D eigenvalue weighted by Crippen LogP contribution is 2.57. The van der Waals surface area contributed by atoms with Crippen LogP contribution in [0.4, 0.5) is 21.8 Å². The molecule has 0 radical (unpaired) electrons. The Morgan fingerprint density at radius 3 is 2.69 bits per heavy atom. The minimum absolute atomic E-state index is 0.0882. The predicted octanol–water partition coefficient (Wildman–Crippen LogP) is 2.24. The molecule has 0 saturated carbocycles. The number of hydrogen-bond donors (Lipinski definition) is 5. The van der Waals surface area contributed by atoms with Gasteiger partial charge in [0.15, 0.2) is 11.6 Å². The number of rotatable bonds is 8. The second kappa shape index (κ2) is 10.5. The highest BCUT2D eigenvalue weighted by molar-refractivity contribution is 8.24. The molecule has 0 bridgehead atoms. The van der Waals surface area contributed by atoms with Crippen LogP contribution in [-0.4, -0.2) is 58.1 Å². The number of carbonyl (C=O) groups excluding carboxylic acids is 1. The van der Waals surface area contributed by atoms with Crippen molar-refractivity contribution in [1.82, 2.24) is 20.3 Å². The van der Waals surface area contributed by atoms with Gasteiger partial charge >= 0.3 is 0 Å². The maximum absolute atomic E-state index is 14.6. The molecule has 5 N–H and O–H groups in total. The Balaban J connectivity index is 1.62. The number of nitro groups is 1. The van der Waals surface area contributed by atoms with Gasteiger partial charge in [-0.25, -0.2) is 14.4 Å². The molecule has 4 rings (SSSR count). The summed E-state index contributed by atoms with van der Waals surface area (Å²) in [4.78, 5) is 31.9. The number of ether oxygens (including phenoxy) is 1. The van der Waals surface area contributed by atoms with Crippen molar-refractivity contribution >= 4 is 34.3 Å². The number of nitrogens with two attached hydrogens (primary N) is 1. The Hall–Kier alpha value is -3.75. The highest BCUT2D eigenvalue weighted by Gasteiger charge is 2.35. The van der Waals surface area contributed by atoms with Gasteiger partial charge in [0.2, 0.25) is 5.95 Å². The van der Waals surface area contributed by atoms with Crippen molar-refractivity contribution in [2.24, 2.45) is 5.73 Å². The molecule has 1 aromatic carbocycles. The lowest BCUT2D eigenvalue weighted by molar-refractivity contribution is -0.410. The zero-order chi connectivity index (χ0) is 26.0. The summed E-state index contributed by atoms with van der Waals surface area (Å²) in [5.41, 5.74) is 8.99. The number of nitrogens with one attached hydrogen (secondary N) is 3. The molecule has 2 aliphatic heterocycles. The smallest absolute Gasteiger partial charge is 0.291 e. The summed E-state index contributed by atoms with van der Waals surface area (Å²) in [7, 11) is -0.449. The standard InChI is InChI=1S/C22H27FN8O4S/c1-12-10-30(11-13(2)26-12)29-22-25-9-15(23)21(28-22)27-14-4-5-16(35-3)18(8-14)36-17(20(24)32)6-7-19(36)31(33)34/h4-9,12-13,26,36H,10-11H2,1-3H3,(H2,24,32)(H2,25,27,28,29)/t12-,13+. The van der Waals surface area contributed by atoms with E-state index in [9.17, 15) is 19.3 Å². The SMILES string of the molecule is COc1ccc(Nc2nc(NN3C[C@@H](C)N[C@@H](C)C3)ncc2F)cc1[SH]1C(C(N)=O)=CC=C1[N+](=O)[O-]. The second-order valence-electron chi connectivity index (χ2n) is 8.42. The fraction of sp³-hybridized carbons (Fsp3) is 0.318. The summed E-state index contributed by atoms with van der Waals surface area (Å²) in [6.45, 7) is 5.55. The normalized spacial score (nSPS) is 22.9. The highest BCUT2D eigenvalue weighted by atomic mass is 32.2. The molecule has 1 amide bonds. The Labute approximate surface area is 209 Å². The zero-order valence-electron chi connectivity index (χ0n) is 19.9. The maximum atomic E-state index is 14.6. The van der Waals surface area contributed by atoms with Gasteiger partial charge in [0, 0.05) is 41.8 Å². The lowest BCUT2D eigenvalue weighted by Gasteiger charge is -2.35. The van der Waals surface area contributed by atoms with Crippen LogP contribution in [0, 0.1) is 15.9 Å². The summed E-state index contributed by atoms with van der Waals surface area (Å²) in [5.74, 6) is -0.985. The molecule has 1 unspecified atom stereocenters. The van der Waals surface area contributed by atoms with E-state index in [0.717, 1.165) is 6.20 Å². The van der Waals surface area contributed by atoms with Gasteiger partial charge in [0.1, 0.15) is 5.75 Å². The van der Waals surface area contributed by atoms with Crippen molar-refractivity contribution in [3.8, 4) is 5.75 Å². The van der Waals surface area contributed by atoms with E-state index in [1.165, 1.54) is 19.3 Å². The van der Waals surface area contributed by atoms with Crippen LogP contribution in [0.5, 0.6) is 5.75 Å². The van der Waals surface area contributed by atoms with Crippen LogP contribution in [0.2, 0.25) is 0 Å². The number of thiol groups is 1. The van der Waals surface area contributed by atoms with Crippen LogP contribution >= 0.6 is 10.9 Å². The molecule has 2 aliphatic rings. The number of nitrogens with zero attached hydrogens (tertiary/aromatic N) is 4. The maximum Gasteiger partial charge on any atom is 0.291 e. The Bertz CT molecular complexity index is 1220. The van der Waals surface area contributed by atoms with E-state index < -0.39 is 27.5 Å². The average molecular weight is 519 g/mol. The van der Waals surface area contributed by atoms with Gasteiger partial charge in [-0.3, -0.25) is 20.3 Å². The third kappa shape index (κ3) is 5.40. The summed E-state index contributed by atoms with van der Waals surface area (Å²) >= 11 is 0. The van der Waals surface area contributed by atoms with Crippen LogP contribution in [0.15, 0.2) is 51.4 Å². The van der Waals surface area contributed by atoms with Gasteiger partial charge in [-0.15, -0.1) is 0 Å². The molecule has 1 saturated heterocycles. The number of benzene rings is 1. The van der Waals surface area contributed by atoms with Gasteiger partial charge in [-0.1, -0.05) is 10.9 Å². The Morgan fingerprint density at radius 2 is 2.06 bits per heavy atom. The molecule has 1 fully saturated rings. The van der Waals surface area contributed by atoms with E-state index in [2.05, 4.69) is 39.9 Å². The monoisotopic (exact) mass is 518 g/mol. The molecule has 1 aromatic heterocycles. The van der Waals surface area contributed by atoms with E-state index in [1.54, 1.807) is 18.2 Å². The molecule has 0 aliphatic carbocycles. The zero-order valence-corrected chi connectivity index (χ0v) is 20.8. The molecular weight excluding hydrogens is 491 g/mol. The van der Waals surface area contributed by atoms with Gasteiger partial charge < -0.3 is 21.1 Å². The molecule has 36 heavy (non-hydrogen) atoms. The number of anilines is 3. The van der Waals surface area contributed by atoms with E-state index >= 15 is 0 Å². The number of primary amides is 1. The first-order valence-electron chi connectivity index (χ1n) is 11.1. The van der Waals surface area contributed by atoms with E-state index in [1.807, 2.05) is 5.01 Å². The van der Waals surface area contributed by atoms with Crippen molar-refractivity contribution in [3.05, 3.63) is 62.4 Å². The Kier molecular flexibility index (Phi) is 7.37. The lowest BCUT2D eigenvalue weighted by atomic mass is 10.2. The number of halogens is 1. The molecular formula is C22H27FN8O4S. The van der Waals surface area contributed by atoms with Crippen LogP contribution in [0.25, 0.3) is 0 Å². The van der Waals surface area contributed by atoms with Crippen molar-refractivity contribution in [2.45, 2.75) is 30.8 Å². The van der Waals surface area contributed by atoms with Gasteiger partial charge in [0.05, 0.1) is 23.1 Å². The third-order valence-corrected chi connectivity index (χ3v) is 8.00. The fourth-order valence-corrected chi connectivity index (χ4v) is 6.40. The quantitative estimate of drug-likeness (QED) is 0.199. The molecule has 2 aromatic rings. The number of allylic oxidation sites excluding steroid dienone is 2. The molecule has 12 nitrogen and oxygen atoms in total. The van der Waals surface area contributed by atoms with Crippen molar-refractivity contribution in [1.29, 1.82) is 0 Å². The van der Waals surface area contributed by atoms with Crippen LogP contribution < -0.4 is 26.5 Å². The number of methoxy groups -OCH3 is 1. The topological polar surface area (TPSA) is 161 Å². The molecule has 14 heteroatoms. The molecule has 3 atom stereocenters. The summed E-state index contributed by atoms with van der Waals surface area (Å²) in [5, 5.41) is 19.8. The van der Waals surface area contributed by atoms with E-state index in [-0.39, 0.29) is 33.8 Å². The Morgan fingerprint density at radius 1 is 1.33 bits per heavy atom. The molecule has 3 heterocycles. The van der Waals surface area contributed by atoms with E-state index in [0.29, 0.717) is 29.4 Å². The fourth-order valence-electron chi connectivity index (χ4n) is 4.16. The van der Waals surface area contributed by atoms with Crippen molar-refractivity contribution in [3.63, 3.8) is 0 Å². The predicted molar refractivity (Wildman–Crippen MR) is 135 cm³/mol. The number of carbonyl (C=O) groups is 1. The number of hydrazine groups is 1. The molecule has 192 valence electrons. The van der Waals surface area contributed by atoms with Gasteiger partial charge in [-0.2, -0.15) is 4.98 Å². The first-order chi connectivity index (χ1) is 17.2. The number of piperazine rings is 1. The van der Waals surface area contributed by atoms with Crippen LogP contribution in [-0.2, 0) is 4.79 Å². The largest absolute Gasteiger partial charge is 0.496 e. The second-order valence-corrected chi connectivity index (χ2v) is 10.5. The third-order valence-electron chi connectivity index (χ3n) is 5.54. The minimum atomic E-state index is -1.87. The average Bonchev–Trinajstić information content (AvgIpc) is 3.26. The summed E-state index contributed by atoms with van der Waals surface area (Å²) < 4.78 is 20.0. The van der Waals surface area contributed by atoms with Gasteiger partial charge in [0.25, 0.3) is 10.9 Å². The van der Waals surface area contributed by atoms with Gasteiger partial charge in [-0.05, 0) is 38.1 Å². The first kappa shape index (κ1) is 25.3. The lowest BCUT2D eigenvalue weighted by Crippen LogP contribution is -2.55. The number of amides is 1. The number of hydrogen-bond acceptors (Lipinski definition) is 10. The van der Waals surface area contributed by atoms with E-state index in [4.69, 9.17) is 10.5 Å². The molecule has 0 spiro atoms.